The maximum Gasteiger partial charge on any atom is 0.0237 e. The van der Waals surface area contributed by atoms with Gasteiger partial charge in [-0.25, -0.2) is 0 Å². The van der Waals surface area contributed by atoms with Crippen LogP contribution in [0.4, 0.5) is 0 Å². The zero-order valence-corrected chi connectivity index (χ0v) is 13.4. The van der Waals surface area contributed by atoms with Gasteiger partial charge in [0.05, 0.1) is 0 Å². The van der Waals surface area contributed by atoms with Gasteiger partial charge in [-0.1, -0.05) is 47.8 Å². The third-order valence-electron chi connectivity index (χ3n) is 4.32. The van der Waals surface area contributed by atoms with E-state index in [1.807, 2.05) is 0 Å². The average Bonchev–Trinajstić information content (AvgIpc) is 2.45. The summed E-state index contributed by atoms with van der Waals surface area (Å²) >= 11 is 3.56. The third-order valence-corrected chi connectivity index (χ3v) is 4.81. The minimum atomic E-state index is 0.669. The van der Waals surface area contributed by atoms with Gasteiger partial charge in [0.1, 0.15) is 0 Å². The Morgan fingerprint density at radius 3 is 2.79 bits per heavy atom. The van der Waals surface area contributed by atoms with Crippen molar-refractivity contribution in [3.63, 3.8) is 0 Å². The Balaban J connectivity index is 2.06. The van der Waals surface area contributed by atoms with E-state index in [0.717, 1.165) is 19.6 Å². The fourth-order valence-corrected chi connectivity index (χ4v) is 3.72. The molecule has 2 nitrogen and oxygen atoms in total. The van der Waals surface area contributed by atoms with Crippen LogP contribution in [0.15, 0.2) is 28.7 Å². The van der Waals surface area contributed by atoms with Crippen molar-refractivity contribution in [3.05, 3.63) is 34.3 Å². The van der Waals surface area contributed by atoms with E-state index in [4.69, 9.17) is 5.73 Å². The van der Waals surface area contributed by atoms with Gasteiger partial charge in [0.15, 0.2) is 0 Å². The molecule has 1 fully saturated rings. The lowest BCUT2D eigenvalue weighted by Gasteiger charge is -2.39. The first-order valence-electron chi connectivity index (χ1n) is 7.43. The van der Waals surface area contributed by atoms with E-state index in [0.29, 0.717) is 12.0 Å². The molecule has 1 aromatic rings. The van der Waals surface area contributed by atoms with Crippen LogP contribution in [0.5, 0.6) is 0 Å². The SMILES string of the molecule is CCN(Cc1cccc(Br)c1)C1CCCCC1CN. The smallest absolute Gasteiger partial charge is 0.0237 e. The number of nitrogens with two attached hydrogens (primary N) is 1. The Bertz CT molecular complexity index is 394. The van der Waals surface area contributed by atoms with Gasteiger partial charge in [-0.15, -0.1) is 0 Å². The first-order chi connectivity index (χ1) is 9.24. The summed E-state index contributed by atoms with van der Waals surface area (Å²) in [5, 5.41) is 0. The van der Waals surface area contributed by atoms with Crippen molar-refractivity contribution < 1.29 is 0 Å². The van der Waals surface area contributed by atoms with E-state index in [-0.39, 0.29) is 0 Å². The van der Waals surface area contributed by atoms with Gasteiger partial charge < -0.3 is 5.73 Å². The van der Waals surface area contributed by atoms with Gasteiger partial charge in [0.25, 0.3) is 0 Å². The topological polar surface area (TPSA) is 29.3 Å². The third kappa shape index (κ3) is 4.04. The first-order valence-corrected chi connectivity index (χ1v) is 8.22. The number of rotatable bonds is 5. The Morgan fingerprint density at radius 1 is 1.32 bits per heavy atom. The first kappa shape index (κ1) is 15.0. The molecule has 0 aromatic heterocycles. The van der Waals surface area contributed by atoms with Crippen molar-refractivity contribution in [2.75, 3.05) is 13.1 Å². The highest BCUT2D eigenvalue weighted by molar-refractivity contribution is 9.10. The van der Waals surface area contributed by atoms with Gasteiger partial charge in [-0.2, -0.15) is 0 Å². The Hall–Kier alpha value is -0.380. The second-order valence-corrected chi connectivity index (χ2v) is 6.46. The van der Waals surface area contributed by atoms with Crippen LogP contribution in [0.3, 0.4) is 0 Å². The highest BCUT2D eigenvalue weighted by Crippen LogP contribution is 2.29. The summed E-state index contributed by atoms with van der Waals surface area (Å²) < 4.78 is 1.17. The molecule has 1 aliphatic carbocycles. The van der Waals surface area contributed by atoms with Gasteiger partial charge in [-0.3, -0.25) is 4.90 Å². The molecule has 0 radical (unpaired) electrons. The average molecular weight is 325 g/mol. The van der Waals surface area contributed by atoms with Gasteiger partial charge in [0, 0.05) is 17.1 Å². The number of halogens is 1. The predicted molar refractivity (Wildman–Crippen MR) is 85.0 cm³/mol. The predicted octanol–water partition coefficient (Wildman–Crippen LogP) is 3.79. The van der Waals surface area contributed by atoms with Crippen LogP contribution in [0.1, 0.15) is 38.2 Å². The zero-order valence-electron chi connectivity index (χ0n) is 11.8. The standard InChI is InChI=1S/C16H25BrN2/c1-2-19(12-13-6-5-8-15(17)10-13)16-9-4-3-7-14(16)11-18/h5-6,8,10,14,16H,2-4,7,9,11-12,18H2,1H3. The van der Waals surface area contributed by atoms with E-state index in [1.165, 1.54) is 35.7 Å². The van der Waals surface area contributed by atoms with Crippen LogP contribution in [0.2, 0.25) is 0 Å². The Morgan fingerprint density at radius 2 is 2.11 bits per heavy atom. The largest absolute Gasteiger partial charge is 0.330 e. The molecule has 0 spiro atoms. The van der Waals surface area contributed by atoms with Crippen LogP contribution >= 0.6 is 15.9 Å². The molecule has 1 saturated carbocycles. The summed E-state index contributed by atoms with van der Waals surface area (Å²) in [6.45, 7) is 5.24. The van der Waals surface area contributed by atoms with Crippen molar-refractivity contribution in [3.8, 4) is 0 Å². The quantitative estimate of drug-likeness (QED) is 0.892. The Labute approximate surface area is 125 Å². The zero-order chi connectivity index (χ0) is 13.7. The van der Waals surface area contributed by atoms with E-state index in [9.17, 15) is 0 Å². The molecule has 0 aliphatic heterocycles. The summed E-state index contributed by atoms with van der Waals surface area (Å²) in [7, 11) is 0. The molecule has 2 unspecified atom stereocenters. The van der Waals surface area contributed by atoms with Crippen molar-refractivity contribution in [1.82, 2.24) is 4.90 Å². The summed E-state index contributed by atoms with van der Waals surface area (Å²) in [4.78, 5) is 2.61. The van der Waals surface area contributed by atoms with Gasteiger partial charge >= 0.3 is 0 Å². The molecule has 106 valence electrons. The molecule has 1 aromatic carbocycles. The van der Waals surface area contributed by atoms with Gasteiger partial charge in [-0.05, 0) is 49.5 Å². The minimum Gasteiger partial charge on any atom is -0.330 e. The number of nitrogens with zero attached hydrogens (tertiary/aromatic N) is 1. The number of hydrogen-bond donors (Lipinski definition) is 1. The molecule has 0 amide bonds. The lowest BCUT2D eigenvalue weighted by Crippen LogP contribution is -2.44. The molecule has 2 N–H and O–H groups in total. The molecule has 2 atom stereocenters. The fraction of sp³-hybridized carbons (Fsp3) is 0.625. The summed E-state index contributed by atoms with van der Waals surface area (Å²) in [5.74, 6) is 0.681. The molecular weight excluding hydrogens is 300 g/mol. The van der Waals surface area contributed by atoms with E-state index < -0.39 is 0 Å². The molecule has 0 heterocycles. The second-order valence-electron chi connectivity index (χ2n) is 5.54. The monoisotopic (exact) mass is 324 g/mol. The lowest BCUT2D eigenvalue weighted by molar-refractivity contribution is 0.105. The van der Waals surface area contributed by atoms with E-state index in [2.05, 4.69) is 52.0 Å². The molecule has 2 rings (SSSR count). The van der Waals surface area contributed by atoms with Crippen LogP contribution in [-0.2, 0) is 6.54 Å². The van der Waals surface area contributed by atoms with E-state index >= 15 is 0 Å². The molecule has 3 heteroatoms. The lowest BCUT2D eigenvalue weighted by atomic mass is 9.83. The van der Waals surface area contributed by atoms with Crippen LogP contribution in [-0.4, -0.2) is 24.0 Å². The van der Waals surface area contributed by atoms with Crippen LogP contribution < -0.4 is 5.73 Å². The van der Waals surface area contributed by atoms with E-state index in [1.54, 1.807) is 0 Å². The maximum atomic E-state index is 5.97. The normalized spacial score (nSPS) is 23.8. The van der Waals surface area contributed by atoms with Gasteiger partial charge in [0.2, 0.25) is 0 Å². The molecule has 1 aliphatic rings. The van der Waals surface area contributed by atoms with Crippen LogP contribution in [0, 0.1) is 5.92 Å². The van der Waals surface area contributed by atoms with Crippen molar-refractivity contribution >= 4 is 15.9 Å². The van der Waals surface area contributed by atoms with Crippen molar-refractivity contribution in [2.24, 2.45) is 11.7 Å². The summed E-state index contributed by atoms with van der Waals surface area (Å²) in [5.41, 5.74) is 7.36. The minimum absolute atomic E-state index is 0.669. The highest BCUT2D eigenvalue weighted by Gasteiger charge is 2.28. The second kappa shape index (κ2) is 7.41. The molecule has 19 heavy (non-hydrogen) atoms. The summed E-state index contributed by atoms with van der Waals surface area (Å²) in [6.07, 6.45) is 5.32. The molecule has 0 saturated heterocycles. The number of benzene rings is 1. The van der Waals surface area contributed by atoms with Crippen molar-refractivity contribution in [2.45, 2.75) is 45.2 Å². The highest BCUT2D eigenvalue weighted by atomic mass is 79.9. The van der Waals surface area contributed by atoms with Crippen LogP contribution in [0.25, 0.3) is 0 Å². The molecule has 0 bridgehead atoms. The molecular formula is C16H25BrN2. The number of hydrogen-bond acceptors (Lipinski definition) is 2. The Kier molecular flexibility index (Phi) is 5.86. The maximum absolute atomic E-state index is 5.97. The summed E-state index contributed by atoms with van der Waals surface area (Å²) in [6, 6.07) is 9.32. The fourth-order valence-electron chi connectivity index (χ4n) is 3.28. The van der Waals surface area contributed by atoms with Crippen molar-refractivity contribution in [1.29, 1.82) is 0 Å².